The summed E-state index contributed by atoms with van der Waals surface area (Å²) in [5, 5.41) is 10.5. The second kappa shape index (κ2) is 9.60. The maximum absolute atomic E-state index is 12.2. The van der Waals surface area contributed by atoms with Gasteiger partial charge < -0.3 is 15.5 Å². The number of rotatable bonds is 5. The smallest absolute Gasteiger partial charge is 0.246 e. The van der Waals surface area contributed by atoms with Crippen molar-refractivity contribution in [1.29, 1.82) is 0 Å². The number of nitrogens with zero attached hydrogens (tertiary/aromatic N) is 4. The van der Waals surface area contributed by atoms with Gasteiger partial charge in [0.2, 0.25) is 5.91 Å². The third-order valence-corrected chi connectivity index (χ3v) is 5.89. The number of carbonyl (C=O) groups is 1. The van der Waals surface area contributed by atoms with E-state index in [4.69, 9.17) is 0 Å². The van der Waals surface area contributed by atoms with E-state index in [9.17, 15) is 4.79 Å². The molecule has 29 heavy (non-hydrogen) atoms. The minimum absolute atomic E-state index is 0. The summed E-state index contributed by atoms with van der Waals surface area (Å²) in [6, 6.07) is 9.72. The van der Waals surface area contributed by atoms with E-state index in [1.54, 1.807) is 23.1 Å². The molecule has 2 aromatic rings. The summed E-state index contributed by atoms with van der Waals surface area (Å²) < 4.78 is 1.61. The van der Waals surface area contributed by atoms with Crippen LogP contribution in [0.25, 0.3) is 0 Å². The van der Waals surface area contributed by atoms with Crippen LogP contribution in [0, 0.1) is 5.41 Å². The lowest BCUT2D eigenvalue weighted by atomic mass is 9.68. The Balaban J connectivity index is 0.00000240. The van der Waals surface area contributed by atoms with Gasteiger partial charge in [0.15, 0.2) is 5.96 Å². The maximum Gasteiger partial charge on any atom is 0.246 e. The van der Waals surface area contributed by atoms with Gasteiger partial charge in [0.1, 0.15) is 6.54 Å². The van der Waals surface area contributed by atoms with Crippen LogP contribution in [0.2, 0.25) is 0 Å². The Morgan fingerprint density at radius 3 is 2.79 bits per heavy atom. The van der Waals surface area contributed by atoms with Gasteiger partial charge in [-0.1, -0.05) is 18.6 Å². The average Bonchev–Trinajstić information content (AvgIpc) is 3.32. The lowest BCUT2D eigenvalue weighted by Crippen LogP contribution is -2.42. The number of aliphatic imine (C=N–C) groups is 1. The zero-order valence-corrected chi connectivity index (χ0v) is 19.1. The molecule has 2 fully saturated rings. The molecule has 2 heterocycles. The van der Waals surface area contributed by atoms with Crippen molar-refractivity contribution in [2.45, 2.75) is 38.8 Å². The van der Waals surface area contributed by atoms with E-state index in [2.05, 4.69) is 31.7 Å². The van der Waals surface area contributed by atoms with Crippen LogP contribution in [-0.4, -0.2) is 46.7 Å². The van der Waals surface area contributed by atoms with Crippen molar-refractivity contribution in [2.75, 3.05) is 25.5 Å². The van der Waals surface area contributed by atoms with Crippen LogP contribution in [0.3, 0.4) is 0 Å². The molecule has 1 saturated carbocycles. The fourth-order valence-electron chi connectivity index (χ4n) is 4.21. The van der Waals surface area contributed by atoms with E-state index in [0.717, 1.165) is 30.3 Å². The van der Waals surface area contributed by atoms with E-state index >= 15 is 0 Å². The Morgan fingerprint density at radius 1 is 1.28 bits per heavy atom. The van der Waals surface area contributed by atoms with Gasteiger partial charge in [-0.3, -0.25) is 14.5 Å². The topological polar surface area (TPSA) is 74.5 Å². The van der Waals surface area contributed by atoms with Crippen LogP contribution < -0.4 is 10.6 Å². The molecule has 2 aliphatic rings. The van der Waals surface area contributed by atoms with E-state index in [1.807, 2.05) is 25.2 Å². The standard InChI is InChI=1S/C21H28N6O.HI/c1-22-20(26-12-9-21(16-26)7-3-8-21)23-14-17-5-2-6-18(13-17)25-19(28)15-27-11-4-10-24-27;/h2,4-6,10-11,13H,3,7-9,12,14-16H2,1H3,(H,22,23)(H,25,28);1H. The first-order valence-corrected chi connectivity index (χ1v) is 9.98. The van der Waals surface area contributed by atoms with Gasteiger partial charge in [-0.2, -0.15) is 5.10 Å². The van der Waals surface area contributed by atoms with Crippen molar-refractivity contribution >= 4 is 41.5 Å². The third kappa shape index (κ3) is 5.29. The molecular formula is C21H29IN6O. The SMILES string of the molecule is CN=C(NCc1cccc(NC(=O)Cn2cccn2)c1)N1CCC2(CCC2)C1.I. The monoisotopic (exact) mass is 508 g/mol. The number of aromatic nitrogens is 2. The number of hydrogen-bond donors (Lipinski definition) is 2. The number of hydrogen-bond acceptors (Lipinski definition) is 3. The van der Waals surface area contributed by atoms with E-state index in [-0.39, 0.29) is 36.4 Å². The molecule has 7 nitrogen and oxygen atoms in total. The van der Waals surface area contributed by atoms with Gasteiger partial charge in [0.25, 0.3) is 0 Å². The number of nitrogens with one attached hydrogen (secondary N) is 2. The Hall–Kier alpha value is -2.10. The van der Waals surface area contributed by atoms with E-state index in [0.29, 0.717) is 12.0 Å². The molecule has 0 radical (unpaired) electrons. The molecule has 0 bridgehead atoms. The molecule has 4 rings (SSSR count). The minimum Gasteiger partial charge on any atom is -0.352 e. The highest BCUT2D eigenvalue weighted by Gasteiger charge is 2.43. The molecule has 1 aliphatic carbocycles. The molecule has 1 aromatic heterocycles. The van der Waals surface area contributed by atoms with Crippen molar-refractivity contribution in [2.24, 2.45) is 10.4 Å². The first kappa shape index (κ1) is 21.6. The molecule has 1 saturated heterocycles. The van der Waals surface area contributed by atoms with Crippen molar-refractivity contribution in [1.82, 2.24) is 20.0 Å². The van der Waals surface area contributed by atoms with Gasteiger partial charge >= 0.3 is 0 Å². The fourth-order valence-corrected chi connectivity index (χ4v) is 4.21. The fraction of sp³-hybridized carbons (Fsp3) is 0.476. The van der Waals surface area contributed by atoms with Crippen molar-refractivity contribution in [3.8, 4) is 0 Å². The number of guanidine groups is 1. The van der Waals surface area contributed by atoms with E-state index < -0.39 is 0 Å². The predicted molar refractivity (Wildman–Crippen MR) is 125 cm³/mol. The van der Waals surface area contributed by atoms with Crippen LogP contribution in [0.1, 0.15) is 31.2 Å². The lowest BCUT2D eigenvalue weighted by Gasteiger charge is -2.38. The highest BCUT2D eigenvalue weighted by atomic mass is 127. The summed E-state index contributed by atoms with van der Waals surface area (Å²) in [6.07, 6.45) is 8.82. The summed E-state index contributed by atoms with van der Waals surface area (Å²) in [5.41, 5.74) is 2.45. The predicted octanol–water partition coefficient (Wildman–Crippen LogP) is 3.09. The first-order valence-electron chi connectivity index (χ1n) is 9.98. The van der Waals surface area contributed by atoms with Crippen LogP contribution in [0.5, 0.6) is 0 Å². The number of amides is 1. The highest BCUT2D eigenvalue weighted by Crippen LogP contribution is 2.47. The summed E-state index contributed by atoms with van der Waals surface area (Å²) in [7, 11) is 1.85. The lowest BCUT2D eigenvalue weighted by molar-refractivity contribution is -0.116. The molecule has 0 atom stereocenters. The molecular weight excluding hydrogens is 479 g/mol. The Bertz CT molecular complexity index is 847. The zero-order chi connectivity index (χ0) is 19.4. The Morgan fingerprint density at radius 2 is 2.14 bits per heavy atom. The normalized spacial score (nSPS) is 17.6. The summed E-state index contributed by atoms with van der Waals surface area (Å²) in [5.74, 6) is 0.879. The number of anilines is 1. The maximum atomic E-state index is 12.2. The zero-order valence-electron chi connectivity index (χ0n) is 16.8. The summed E-state index contributed by atoms with van der Waals surface area (Å²) in [4.78, 5) is 19.0. The summed E-state index contributed by atoms with van der Waals surface area (Å²) >= 11 is 0. The van der Waals surface area contributed by atoms with Gasteiger partial charge in [-0.25, -0.2) is 0 Å². The largest absolute Gasteiger partial charge is 0.352 e. The number of likely N-dealkylation sites (tertiary alicyclic amines) is 1. The molecule has 1 aromatic carbocycles. The van der Waals surface area contributed by atoms with Crippen molar-refractivity contribution in [3.05, 3.63) is 48.3 Å². The molecule has 1 spiro atoms. The Kier molecular flexibility index (Phi) is 7.15. The van der Waals surface area contributed by atoms with E-state index in [1.165, 1.54) is 25.7 Å². The second-order valence-electron chi connectivity index (χ2n) is 7.88. The number of halogens is 1. The molecule has 0 unspecified atom stereocenters. The van der Waals surface area contributed by atoms with Gasteiger partial charge in [-0.15, -0.1) is 24.0 Å². The average molecular weight is 508 g/mol. The molecule has 156 valence electrons. The quantitative estimate of drug-likeness (QED) is 0.370. The molecule has 2 N–H and O–H groups in total. The highest BCUT2D eigenvalue weighted by molar-refractivity contribution is 14.0. The molecule has 8 heteroatoms. The van der Waals surface area contributed by atoms with Crippen molar-refractivity contribution in [3.63, 3.8) is 0 Å². The van der Waals surface area contributed by atoms with Gasteiger partial charge in [0.05, 0.1) is 0 Å². The first-order chi connectivity index (χ1) is 13.7. The second-order valence-corrected chi connectivity index (χ2v) is 7.88. The van der Waals surface area contributed by atoms with Gasteiger partial charge in [0, 0.05) is 44.8 Å². The molecule has 1 aliphatic heterocycles. The van der Waals surface area contributed by atoms with Crippen LogP contribution >= 0.6 is 24.0 Å². The Labute approximate surface area is 189 Å². The minimum atomic E-state index is -0.0903. The van der Waals surface area contributed by atoms with Crippen LogP contribution in [0.15, 0.2) is 47.7 Å². The summed E-state index contributed by atoms with van der Waals surface area (Å²) in [6.45, 7) is 3.09. The van der Waals surface area contributed by atoms with Gasteiger partial charge in [-0.05, 0) is 48.4 Å². The number of benzene rings is 1. The third-order valence-electron chi connectivity index (χ3n) is 5.89. The van der Waals surface area contributed by atoms with Crippen LogP contribution in [-0.2, 0) is 17.9 Å². The van der Waals surface area contributed by atoms with Crippen LogP contribution in [0.4, 0.5) is 5.69 Å². The van der Waals surface area contributed by atoms with Crippen molar-refractivity contribution < 1.29 is 4.79 Å². The molecule has 1 amide bonds. The number of carbonyl (C=O) groups excluding carboxylic acids is 1.